The fourth-order valence-electron chi connectivity index (χ4n) is 3.14. The second-order valence-electron chi connectivity index (χ2n) is 7.06. The summed E-state index contributed by atoms with van der Waals surface area (Å²) in [5, 5.41) is 2.95. The van der Waals surface area contributed by atoms with E-state index in [0.29, 0.717) is 24.6 Å². The van der Waals surface area contributed by atoms with Gasteiger partial charge in [-0.2, -0.15) is 11.8 Å². The lowest BCUT2D eigenvalue weighted by atomic mass is 10.2. The molecule has 0 saturated carbocycles. The largest absolute Gasteiger partial charge is 0.489 e. The molecule has 1 saturated heterocycles. The molecule has 0 spiro atoms. The molecule has 5 nitrogen and oxygen atoms in total. The summed E-state index contributed by atoms with van der Waals surface area (Å²) < 4.78 is 11.8. The van der Waals surface area contributed by atoms with Gasteiger partial charge in [0.1, 0.15) is 24.0 Å². The average Bonchev–Trinajstić information content (AvgIpc) is 3.31. The second kappa shape index (κ2) is 10.2. The summed E-state index contributed by atoms with van der Waals surface area (Å²) in [6.07, 6.45) is 2.77. The minimum atomic E-state index is -0.187. The minimum absolute atomic E-state index is 0.125. The van der Waals surface area contributed by atoms with E-state index in [1.165, 1.54) is 0 Å². The summed E-state index contributed by atoms with van der Waals surface area (Å²) in [5.41, 5.74) is 2.59. The highest BCUT2D eigenvalue weighted by molar-refractivity contribution is 7.99. The van der Waals surface area contributed by atoms with Crippen LogP contribution in [0.2, 0.25) is 0 Å². The van der Waals surface area contributed by atoms with Gasteiger partial charge in [-0.05, 0) is 47.6 Å². The van der Waals surface area contributed by atoms with Gasteiger partial charge >= 0.3 is 0 Å². The van der Waals surface area contributed by atoms with Gasteiger partial charge in [-0.25, -0.2) is 4.98 Å². The van der Waals surface area contributed by atoms with Crippen molar-refractivity contribution in [3.63, 3.8) is 0 Å². The number of aromatic nitrogens is 1. The van der Waals surface area contributed by atoms with Crippen molar-refractivity contribution in [2.75, 3.05) is 11.5 Å². The number of nitrogens with one attached hydrogen (secondary N) is 1. The molecule has 2 aromatic carbocycles. The van der Waals surface area contributed by atoms with Crippen LogP contribution in [-0.2, 0) is 13.2 Å². The maximum atomic E-state index is 12.7. The smallest absolute Gasteiger partial charge is 0.257 e. The van der Waals surface area contributed by atoms with Crippen LogP contribution in [-0.4, -0.2) is 28.5 Å². The maximum Gasteiger partial charge on any atom is 0.257 e. The van der Waals surface area contributed by atoms with E-state index < -0.39 is 0 Å². The van der Waals surface area contributed by atoms with Gasteiger partial charge in [-0.3, -0.25) is 4.79 Å². The zero-order valence-electron chi connectivity index (χ0n) is 16.6. The number of pyridine rings is 1. The van der Waals surface area contributed by atoms with Crippen LogP contribution in [0.1, 0.15) is 27.9 Å². The summed E-state index contributed by atoms with van der Waals surface area (Å²) in [6, 6.07) is 21.3. The minimum Gasteiger partial charge on any atom is -0.489 e. The van der Waals surface area contributed by atoms with Crippen molar-refractivity contribution in [2.24, 2.45) is 0 Å². The van der Waals surface area contributed by atoms with E-state index in [9.17, 15) is 4.79 Å². The fourth-order valence-corrected chi connectivity index (χ4v) is 4.24. The Morgan fingerprint density at radius 1 is 1.03 bits per heavy atom. The summed E-state index contributed by atoms with van der Waals surface area (Å²) >= 11 is 1.86. The summed E-state index contributed by atoms with van der Waals surface area (Å²) in [6.45, 7) is 0.950. The lowest BCUT2D eigenvalue weighted by Gasteiger charge is -2.14. The van der Waals surface area contributed by atoms with E-state index in [4.69, 9.17) is 9.47 Å². The summed E-state index contributed by atoms with van der Waals surface area (Å²) in [7, 11) is 0. The first-order valence-corrected chi connectivity index (χ1v) is 11.2. The molecule has 1 fully saturated rings. The van der Waals surface area contributed by atoms with E-state index in [1.54, 1.807) is 18.3 Å². The van der Waals surface area contributed by atoms with Crippen LogP contribution in [0, 0.1) is 0 Å². The average molecular weight is 421 g/mol. The predicted molar refractivity (Wildman–Crippen MR) is 119 cm³/mol. The molecule has 1 unspecified atom stereocenters. The highest BCUT2D eigenvalue weighted by atomic mass is 32.2. The van der Waals surface area contributed by atoms with Crippen LogP contribution < -0.4 is 14.8 Å². The Labute approximate surface area is 180 Å². The Hall–Kier alpha value is -2.99. The standard InChI is InChI=1S/C24H24N2O3S/c27-23(22-7-4-13-25-24(22)29-21-12-14-30-17-21)26-15-18-8-10-20(11-9-18)28-16-19-5-2-1-3-6-19/h1-11,13,21H,12,14-17H2,(H,26,27). The van der Waals surface area contributed by atoms with Gasteiger partial charge in [0.25, 0.3) is 5.91 Å². The number of hydrogen-bond acceptors (Lipinski definition) is 5. The third-order valence-corrected chi connectivity index (χ3v) is 5.94. The lowest BCUT2D eigenvalue weighted by Crippen LogP contribution is -2.25. The van der Waals surface area contributed by atoms with Gasteiger partial charge in [-0.15, -0.1) is 0 Å². The van der Waals surface area contributed by atoms with Crippen LogP contribution in [0.25, 0.3) is 0 Å². The molecular formula is C24H24N2O3S. The molecule has 1 N–H and O–H groups in total. The molecule has 30 heavy (non-hydrogen) atoms. The normalized spacial score (nSPS) is 15.5. The molecule has 1 atom stereocenters. The molecule has 1 amide bonds. The lowest BCUT2D eigenvalue weighted by molar-refractivity contribution is 0.0943. The number of rotatable bonds is 8. The molecule has 6 heteroatoms. The van der Waals surface area contributed by atoms with Gasteiger partial charge < -0.3 is 14.8 Å². The van der Waals surface area contributed by atoms with Gasteiger partial charge in [0, 0.05) is 18.5 Å². The van der Waals surface area contributed by atoms with E-state index >= 15 is 0 Å². The van der Waals surface area contributed by atoms with Gasteiger partial charge in [0.15, 0.2) is 0 Å². The third kappa shape index (κ3) is 5.54. The summed E-state index contributed by atoms with van der Waals surface area (Å²) in [4.78, 5) is 16.9. The van der Waals surface area contributed by atoms with E-state index in [2.05, 4.69) is 10.3 Å². The Morgan fingerprint density at radius 3 is 2.63 bits per heavy atom. The zero-order chi connectivity index (χ0) is 20.6. The Kier molecular flexibility index (Phi) is 6.87. The first-order chi connectivity index (χ1) is 14.8. The predicted octanol–water partition coefficient (Wildman–Crippen LogP) is 4.47. The molecule has 154 valence electrons. The highest BCUT2D eigenvalue weighted by Gasteiger charge is 2.21. The Bertz CT molecular complexity index is 958. The molecule has 0 bridgehead atoms. The maximum absolute atomic E-state index is 12.7. The van der Waals surface area contributed by atoms with Crippen LogP contribution in [0.3, 0.4) is 0 Å². The number of ether oxygens (including phenoxy) is 2. The molecular weight excluding hydrogens is 396 g/mol. The van der Waals surface area contributed by atoms with Crippen molar-refractivity contribution in [1.29, 1.82) is 0 Å². The van der Waals surface area contributed by atoms with Crippen LogP contribution in [0.5, 0.6) is 11.6 Å². The first kappa shape index (κ1) is 20.3. The highest BCUT2D eigenvalue weighted by Crippen LogP contribution is 2.24. The Balaban J connectivity index is 1.30. The van der Waals surface area contributed by atoms with Crippen molar-refractivity contribution in [1.82, 2.24) is 10.3 Å². The number of hydrogen-bond donors (Lipinski definition) is 1. The molecule has 1 aromatic heterocycles. The van der Waals surface area contributed by atoms with E-state index in [-0.39, 0.29) is 12.0 Å². The van der Waals surface area contributed by atoms with Crippen LogP contribution in [0.4, 0.5) is 0 Å². The first-order valence-electron chi connectivity index (χ1n) is 10.0. The van der Waals surface area contributed by atoms with Gasteiger partial charge in [0.2, 0.25) is 5.88 Å². The van der Waals surface area contributed by atoms with E-state index in [1.807, 2.05) is 66.4 Å². The molecule has 2 heterocycles. The van der Waals surface area contributed by atoms with Crippen molar-refractivity contribution in [3.05, 3.63) is 89.6 Å². The Morgan fingerprint density at radius 2 is 1.87 bits per heavy atom. The van der Waals surface area contributed by atoms with Gasteiger partial charge in [-0.1, -0.05) is 42.5 Å². The third-order valence-electron chi connectivity index (χ3n) is 4.81. The second-order valence-corrected chi connectivity index (χ2v) is 8.21. The van der Waals surface area contributed by atoms with Crippen molar-refractivity contribution in [3.8, 4) is 11.6 Å². The molecule has 3 aromatic rings. The number of thioether (sulfide) groups is 1. The molecule has 1 aliphatic heterocycles. The zero-order valence-corrected chi connectivity index (χ0v) is 17.4. The number of benzene rings is 2. The molecule has 0 aliphatic carbocycles. The number of carbonyl (C=O) groups excluding carboxylic acids is 1. The van der Waals surface area contributed by atoms with Crippen molar-refractivity contribution in [2.45, 2.75) is 25.7 Å². The quantitative estimate of drug-likeness (QED) is 0.582. The topological polar surface area (TPSA) is 60.5 Å². The number of amides is 1. The SMILES string of the molecule is O=C(NCc1ccc(OCc2ccccc2)cc1)c1cccnc1OC1CCSC1. The monoisotopic (exact) mass is 420 g/mol. The molecule has 0 radical (unpaired) electrons. The number of carbonyl (C=O) groups is 1. The fraction of sp³-hybridized carbons (Fsp3) is 0.250. The van der Waals surface area contributed by atoms with Crippen molar-refractivity contribution < 1.29 is 14.3 Å². The molecule has 4 rings (SSSR count). The van der Waals surface area contributed by atoms with Crippen molar-refractivity contribution >= 4 is 17.7 Å². The van der Waals surface area contributed by atoms with E-state index in [0.717, 1.165) is 34.8 Å². The molecule has 1 aliphatic rings. The van der Waals surface area contributed by atoms with Crippen LogP contribution in [0.15, 0.2) is 72.9 Å². The van der Waals surface area contributed by atoms with Crippen LogP contribution >= 0.6 is 11.8 Å². The number of nitrogens with zero attached hydrogens (tertiary/aromatic N) is 1. The van der Waals surface area contributed by atoms with Gasteiger partial charge in [0.05, 0.1) is 0 Å². The summed E-state index contributed by atoms with van der Waals surface area (Å²) in [5.74, 6) is 3.05.